The molecule has 1 N–H and O–H groups in total. The number of amides is 1. The molecule has 28 heavy (non-hydrogen) atoms. The molecule has 1 aromatic carbocycles. The zero-order valence-electron chi connectivity index (χ0n) is 15.0. The van der Waals surface area contributed by atoms with Gasteiger partial charge in [-0.15, -0.1) is 0 Å². The van der Waals surface area contributed by atoms with Gasteiger partial charge in [-0.2, -0.15) is 26.3 Å². The molecule has 0 unspecified atom stereocenters. The average Bonchev–Trinajstić information content (AvgIpc) is 2.54. The van der Waals surface area contributed by atoms with E-state index in [1.165, 1.54) is 24.3 Å². The number of carbonyl (C=O) groups excluding carboxylic acids is 1. The van der Waals surface area contributed by atoms with Gasteiger partial charge in [0, 0.05) is 20.9 Å². The third-order valence-corrected chi connectivity index (χ3v) is 4.39. The summed E-state index contributed by atoms with van der Waals surface area (Å²) in [5.74, 6) is -0.230. The Morgan fingerprint density at radius 3 is 1.71 bits per heavy atom. The summed E-state index contributed by atoms with van der Waals surface area (Å²) in [6.07, 6.45) is -10.0. The summed E-state index contributed by atoms with van der Waals surface area (Å²) in [5.41, 5.74) is -3.38. The summed E-state index contributed by atoms with van der Waals surface area (Å²) < 4.78 is 77.2. The van der Waals surface area contributed by atoms with Gasteiger partial charge >= 0.3 is 12.4 Å². The first-order valence-electron chi connectivity index (χ1n) is 7.92. The Balaban J connectivity index is 2.26. The fourth-order valence-electron chi connectivity index (χ4n) is 1.92. The van der Waals surface area contributed by atoms with Crippen molar-refractivity contribution in [2.24, 2.45) is 5.41 Å². The molecule has 1 aromatic heterocycles. The normalized spacial score (nSPS) is 12.8. The highest BCUT2D eigenvalue weighted by Crippen LogP contribution is 2.38. The topological polar surface area (TPSA) is 42.0 Å². The van der Waals surface area contributed by atoms with Crippen molar-refractivity contribution < 1.29 is 31.1 Å². The van der Waals surface area contributed by atoms with Crippen molar-refractivity contribution in [2.45, 2.75) is 42.9 Å². The summed E-state index contributed by atoms with van der Waals surface area (Å²) >= 11 is 0.729. The number of anilines is 1. The van der Waals surface area contributed by atoms with E-state index in [9.17, 15) is 31.1 Å². The first-order chi connectivity index (χ1) is 12.7. The van der Waals surface area contributed by atoms with Gasteiger partial charge in [0.25, 0.3) is 0 Å². The monoisotopic (exact) mass is 422 g/mol. The van der Waals surface area contributed by atoms with Crippen LogP contribution in [-0.4, -0.2) is 10.9 Å². The minimum absolute atomic E-state index is 0.230. The van der Waals surface area contributed by atoms with E-state index in [1.54, 1.807) is 20.8 Å². The van der Waals surface area contributed by atoms with Crippen LogP contribution >= 0.6 is 11.8 Å². The summed E-state index contributed by atoms with van der Waals surface area (Å²) in [5, 5.41) is 2.68. The number of pyridine rings is 1. The molecule has 0 aliphatic heterocycles. The number of halogens is 6. The second-order valence-electron chi connectivity index (χ2n) is 6.90. The zero-order valence-corrected chi connectivity index (χ0v) is 15.8. The molecule has 0 saturated carbocycles. The highest BCUT2D eigenvalue weighted by molar-refractivity contribution is 7.99. The maximum absolute atomic E-state index is 12.9. The molecule has 1 amide bonds. The second kappa shape index (κ2) is 7.65. The largest absolute Gasteiger partial charge is 0.433 e. The van der Waals surface area contributed by atoms with Crippen molar-refractivity contribution in [3.05, 3.63) is 47.8 Å². The van der Waals surface area contributed by atoms with E-state index in [0.29, 0.717) is 22.7 Å². The molecule has 0 atom stereocenters. The molecule has 2 aromatic rings. The zero-order chi connectivity index (χ0) is 21.3. The third-order valence-electron chi connectivity index (χ3n) is 3.41. The minimum Gasteiger partial charge on any atom is -0.326 e. The first-order valence-corrected chi connectivity index (χ1v) is 8.74. The highest BCUT2D eigenvalue weighted by Gasteiger charge is 2.38. The van der Waals surface area contributed by atoms with E-state index in [2.05, 4.69) is 10.3 Å². The number of nitrogens with one attached hydrogen (secondary N) is 1. The van der Waals surface area contributed by atoms with Crippen LogP contribution in [0.2, 0.25) is 0 Å². The molecule has 2 rings (SSSR count). The van der Waals surface area contributed by atoms with E-state index >= 15 is 0 Å². The van der Waals surface area contributed by atoms with Crippen molar-refractivity contribution >= 4 is 23.4 Å². The van der Waals surface area contributed by atoms with Crippen LogP contribution in [-0.2, 0) is 17.1 Å². The van der Waals surface area contributed by atoms with E-state index in [0.717, 1.165) is 11.8 Å². The fourth-order valence-corrected chi connectivity index (χ4v) is 2.80. The Labute approximate surface area is 161 Å². The molecule has 0 radical (unpaired) electrons. The van der Waals surface area contributed by atoms with E-state index in [1.807, 2.05) is 0 Å². The van der Waals surface area contributed by atoms with E-state index in [-0.39, 0.29) is 10.8 Å². The number of hydrogen-bond donors (Lipinski definition) is 1. The molecule has 0 fully saturated rings. The molecular formula is C18H16F6N2OS. The Kier molecular flexibility index (Phi) is 6.03. The molecule has 1 heterocycles. The summed E-state index contributed by atoms with van der Waals surface area (Å²) in [7, 11) is 0. The number of rotatable bonds is 3. The number of carbonyl (C=O) groups is 1. The standard InChI is InChI=1S/C18H16F6N2OS/c1-16(2,3)15(27)25-10-4-6-11(7-5-10)28-12-8-13(17(19,20)21)26-14(9-12)18(22,23)24/h4-9H,1-3H3,(H,25,27). The van der Waals surface area contributed by atoms with Gasteiger partial charge in [0.05, 0.1) is 0 Å². The number of nitrogens with zero attached hydrogens (tertiary/aromatic N) is 1. The lowest BCUT2D eigenvalue weighted by atomic mass is 9.95. The Bertz CT molecular complexity index is 822. The molecule has 0 spiro atoms. The Morgan fingerprint density at radius 1 is 0.857 bits per heavy atom. The quantitative estimate of drug-likeness (QED) is 0.594. The van der Waals surface area contributed by atoms with Crippen LogP contribution in [0.25, 0.3) is 0 Å². The van der Waals surface area contributed by atoms with Crippen molar-refractivity contribution in [2.75, 3.05) is 5.32 Å². The van der Waals surface area contributed by atoms with Gasteiger partial charge in [0.15, 0.2) is 0 Å². The van der Waals surface area contributed by atoms with Gasteiger partial charge in [-0.25, -0.2) is 4.98 Å². The summed E-state index contributed by atoms with van der Waals surface area (Å²) in [6, 6.07) is 7.14. The van der Waals surface area contributed by atoms with Gasteiger partial charge in [-0.05, 0) is 36.4 Å². The SMILES string of the molecule is CC(C)(C)C(=O)Nc1ccc(Sc2cc(C(F)(F)F)nc(C(F)(F)F)c2)cc1. The Morgan fingerprint density at radius 2 is 1.32 bits per heavy atom. The van der Waals surface area contributed by atoms with Gasteiger partial charge in [-0.3, -0.25) is 4.79 Å². The molecular weight excluding hydrogens is 406 g/mol. The molecule has 152 valence electrons. The minimum atomic E-state index is -5.00. The van der Waals surface area contributed by atoms with Crippen LogP contribution in [0.4, 0.5) is 32.0 Å². The summed E-state index contributed by atoms with van der Waals surface area (Å²) in [6.45, 7) is 5.19. The summed E-state index contributed by atoms with van der Waals surface area (Å²) in [4.78, 5) is 14.8. The average molecular weight is 422 g/mol. The highest BCUT2D eigenvalue weighted by atomic mass is 32.2. The molecule has 0 aliphatic carbocycles. The number of aromatic nitrogens is 1. The van der Waals surface area contributed by atoms with E-state index in [4.69, 9.17) is 0 Å². The van der Waals surface area contributed by atoms with Crippen LogP contribution in [0.1, 0.15) is 32.2 Å². The smallest absolute Gasteiger partial charge is 0.326 e. The lowest BCUT2D eigenvalue weighted by molar-refractivity contribution is -0.150. The van der Waals surface area contributed by atoms with Crippen LogP contribution in [0, 0.1) is 5.41 Å². The first kappa shape index (κ1) is 22.1. The van der Waals surface area contributed by atoms with Crippen LogP contribution in [0.5, 0.6) is 0 Å². The lowest BCUT2D eigenvalue weighted by Gasteiger charge is -2.17. The van der Waals surface area contributed by atoms with E-state index < -0.39 is 29.2 Å². The van der Waals surface area contributed by atoms with Crippen molar-refractivity contribution in [3.8, 4) is 0 Å². The van der Waals surface area contributed by atoms with Crippen LogP contribution < -0.4 is 5.32 Å². The van der Waals surface area contributed by atoms with Crippen molar-refractivity contribution in [3.63, 3.8) is 0 Å². The van der Waals surface area contributed by atoms with Crippen LogP contribution in [0.15, 0.2) is 46.2 Å². The molecule has 0 bridgehead atoms. The predicted octanol–water partition coefficient (Wildman–Crippen LogP) is 6.26. The van der Waals surface area contributed by atoms with Gasteiger partial charge < -0.3 is 5.32 Å². The van der Waals surface area contributed by atoms with Crippen molar-refractivity contribution in [1.29, 1.82) is 0 Å². The van der Waals surface area contributed by atoms with Gasteiger partial charge in [0.2, 0.25) is 5.91 Å². The molecule has 0 aliphatic rings. The maximum atomic E-state index is 12.9. The number of hydrogen-bond acceptors (Lipinski definition) is 3. The van der Waals surface area contributed by atoms with Crippen LogP contribution in [0.3, 0.4) is 0 Å². The Hall–Kier alpha value is -2.23. The van der Waals surface area contributed by atoms with Crippen molar-refractivity contribution in [1.82, 2.24) is 4.98 Å². The maximum Gasteiger partial charge on any atom is 0.433 e. The second-order valence-corrected chi connectivity index (χ2v) is 8.05. The fraction of sp³-hybridized carbons (Fsp3) is 0.333. The number of alkyl halides is 6. The molecule has 0 saturated heterocycles. The lowest BCUT2D eigenvalue weighted by Crippen LogP contribution is -2.27. The van der Waals surface area contributed by atoms with Gasteiger partial charge in [-0.1, -0.05) is 32.5 Å². The third kappa shape index (κ3) is 5.88. The molecule has 10 heteroatoms. The van der Waals surface area contributed by atoms with Gasteiger partial charge in [0.1, 0.15) is 11.4 Å². The molecule has 3 nitrogen and oxygen atoms in total. The predicted molar refractivity (Wildman–Crippen MR) is 92.9 cm³/mol. The number of benzene rings is 1.